The van der Waals surface area contributed by atoms with Gasteiger partial charge in [0, 0.05) is 22.8 Å². The highest BCUT2D eigenvalue weighted by Crippen LogP contribution is 2.27. The number of carbonyl (C=O) groups is 1. The van der Waals surface area contributed by atoms with Gasteiger partial charge in [0.2, 0.25) is 6.23 Å². The van der Waals surface area contributed by atoms with Crippen molar-refractivity contribution in [2.45, 2.75) is 60.6 Å². The van der Waals surface area contributed by atoms with Gasteiger partial charge in [-0.1, -0.05) is 55.7 Å². The maximum Gasteiger partial charge on any atom is 0.236 e. The Morgan fingerprint density at radius 1 is 1.11 bits per heavy atom. The molecular weight excluding hydrogens is 502 g/mol. The van der Waals surface area contributed by atoms with Crippen LogP contribution >= 0.6 is 11.6 Å². The first-order valence-electron chi connectivity index (χ1n) is 12.9. The molecule has 7 nitrogen and oxygen atoms in total. The molecule has 1 aromatic heterocycles. The van der Waals surface area contributed by atoms with Gasteiger partial charge in [-0.2, -0.15) is 0 Å². The lowest BCUT2D eigenvalue weighted by Gasteiger charge is -2.26. The van der Waals surface area contributed by atoms with Gasteiger partial charge in [-0.3, -0.25) is 9.36 Å². The van der Waals surface area contributed by atoms with E-state index in [1.165, 1.54) is 11.1 Å². The molecule has 0 amide bonds. The van der Waals surface area contributed by atoms with Crippen LogP contribution in [0.15, 0.2) is 66.3 Å². The predicted octanol–water partition coefficient (Wildman–Crippen LogP) is 6.09. The number of likely N-dealkylation sites (N-methyl/N-ethyl adjacent to an activating group) is 1. The van der Waals surface area contributed by atoms with Gasteiger partial charge < -0.3 is 19.4 Å². The van der Waals surface area contributed by atoms with Crippen molar-refractivity contribution in [2.24, 2.45) is 5.41 Å². The molecule has 8 heteroatoms. The van der Waals surface area contributed by atoms with Crippen LogP contribution in [0, 0.1) is 5.41 Å². The zero-order valence-electron chi connectivity index (χ0n) is 24.7. The smallest absolute Gasteiger partial charge is 0.236 e. The quantitative estimate of drug-likeness (QED) is 0.276. The summed E-state index contributed by atoms with van der Waals surface area (Å²) in [5, 5.41) is 17.6. The molecule has 0 saturated carbocycles. The minimum atomic E-state index is -0.737. The summed E-state index contributed by atoms with van der Waals surface area (Å²) in [4.78, 5) is 16.5. The van der Waals surface area contributed by atoms with Gasteiger partial charge in [0.25, 0.3) is 0 Å². The average Bonchev–Trinajstić information content (AvgIpc) is 3.32. The number of benzene rings is 1. The van der Waals surface area contributed by atoms with Crippen LogP contribution in [0.5, 0.6) is 5.75 Å². The number of halogens is 1. The van der Waals surface area contributed by atoms with Gasteiger partial charge >= 0.3 is 0 Å². The van der Waals surface area contributed by atoms with Crippen molar-refractivity contribution in [3.63, 3.8) is 0 Å². The number of ketones is 1. The Labute approximate surface area is 235 Å². The lowest BCUT2D eigenvalue weighted by Crippen LogP contribution is -2.36. The SMILES string of the molecule is CC(C)(C)C(=O)C(Oc1ccc(Cl)cc1)n1ccnc1.CC(C)=CCC/C(C)=C/CO.C[N+](C)(C)CCO. The van der Waals surface area contributed by atoms with Gasteiger partial charge in [-0.05, 0) is 57.9 Å². The number of allylic oxidation sites excluding steroid dienone is 3. The molecule has 0 aliphatic heterocycles. The third-order valence-electron chi connectivity index (χ3n) is 5.12. The average molecular weight is 551 g/mol. The van der Waals surface area contributed by atoms with E-state index in [9.17, 15) is 4.79 Å². The van der Waals surface area contributed by atoms with Gasteiger partial charge in [0.1, 0.15) is 12.3 Å². The number of imidazole rings is 1. The third kappa shape index (κ3) is 17.1. The Bertz CT molecular complexity index is 966. The molecule has 2 aromatic rings. The van der Waals surface area contributed by atoms with Crippen molar-refractivity contribution in [1.29, 1.82) is 0 Å². The summed E-state index contributed by atoms with van der Waals surface area (Å²) in [5.74, 6) is 0.566. The van der Waals surface area contributed by atoms with Crippen molar-refractivity contribution in [1.82, 2.24) is 9.55 Å². The van der Waals surface area contributed by atoms with Crippen molar-refractivity contribution in [2.75, 3.05) is 40.9 Å². The van der Waals surface area contributed by atoms with E-state index in [1.54, 1.807) is 47.6 Å². The Morgan fingerprint density at radius 2 is 1.71 bits per heavy atom. The first-order chi connectivity index (χ1) is 17.6. The maximum absolute atomic E-state index is 12.5. The highest BCUT2D eigenvalue weighted by atomic mass is 35.5. The minimum Gasteiger partial charge on any atom is -0.463 e. The number of aromatic nitrogens is 2. The fourth-order valence-corrected chi connectivity index (χ4v) is 2.94. The van der Waals surface area contributed by atoms with Crippen LogP contribution in [0.4, 0.5) is 0 Å². The molecule has 0 spiro atoms. The number of aliphatic hydroxyl groups is 2. The Balaban J connectivity index is 0.000000640. The topological polar surface area (TPSA) is 84.6 Å². The molecule has 1 unspecified atom stereocenters. The summed E-state index contributed by atoms with van der Waals surface area (Å²) in [6.45, 7) is 13.1. The minimum absolute atomic E-state index is 0.0227. The number of aliphatic hydroxyl groups excluding tert-OH is 2. The first-order valence-corrected chi connectivity index (χ1v) is 13.2. The first kappa shape index (κ1) is 35.5. The second-order valence-electron chi connectivity index (χ2n) is 11.3. The Morgan fingerprint density at radius 3 is 2.11 bits per heavy atom. The lowest BCUT2D eigenvalue weighted by molar-refractivity contribution is -0.870. The summed E-state index contributed by atoms with van der Waals surface area (Å²) >= 11 is 5.85. The van der Waals surface area contributed by atoms with E-state index in [0.717, 1.165) is 23.9 Å². The number of hydrogen-bond acceptors (Lipinski definition) is 5. The van der Waals surface area contributed by atoms with Crippen LogP contribution in [0.3, 0.4) is 0 Å². The zero-order chi connectivity index (χ0) is 29.4. The van der Waals surface area contributed by atoms with E-state index in [4.69, 9.17) is 26.6 Å². The number of carbonyl (C=O) groups excluding carboxylic acids is 1. The van der Waals surface area contributed by atoms with Crippen LogP contribution in [-0.2, 0) is 4.79 Å². The molecule has 0 fully saturated rings. The van der Waals surface area contributed by atoms with Crippen LogP contribution in [0.25, 0.3) is 0 Å². The largest absolute Gasteiger partial charge is 0.463 e. The van der Waals surface area contributed by atoms with Crippen LogP contribution in [0.2, 0.25) is 5.02 Å². The molecule has 1 aromatic carbocycles. The molecule has 0 aliphatic rings. The molecule has 214 valence electrons. The lowest BCUT2D eigenvalue weighted by atomic mass is 9.89. The summed E-state index contributed by atoms with van der Waals surface area (Å²) in [6.07, 6.45) is 10.4. The van der Waals surface area contributed by atoms with Crippen LogP contribution < -0.4 is 4.74 Å². The second-order valence-corrected chi connectivity index (χ2v) is 11.8. The van der Waals surface area contributed by atoms with Gasteiger partial charge in [-0.25, -0.2) is 4.98 Å². The van der Waals surface area contributed by atoms with Gasteiger partial charge in [0.15, 0.2) is 5.78 Å². The number of rotatable bonds is 10. The fraction of sp³-hybridized carbons (Fsp3) is 0.533. The maximum atomic E-state index is 12.5. The molecule has 0 radical (unpaired) electrons. The van der Waals surface area contributed by atoms with E-state index in [-0.39, 0.29) is 19.0 Å². The fourth-order valence-electron chi connectivity index (χ4n) is 2.82. The predicted molar refractivity (Wildman–Crippen MR) is 157 cm³/mol. The number of Topliss-reactive ketones (excluding diaryl/α,β-unsaturated/α-hetero) is 1. The molecule has 38 heavy (non-hydrogen) atoms. The number of ether oxygens (including phenoxy) is 1. The normalized spacial score (nSPS) is 12.4. The zero-order valence-corrected chi connectivity index (χ0v) is 25.5. The summed E-state index contributed by atoms with van der Waals surface area (Å²) < 4.78 is 8.32. The standard InChI is InChI=1S/C15H17ClN2O2.C10H18O.C5H14NO/c1-15(2,3)13(19)14(18-9-8-17-10-18)20-12-6-4-11(16)5-7-12;1-9(2)5-4-6-10(3)7-8-11;1-6(2,3)4-5-7/h4-10,14H,1-3H3;5,7,11H,4,6,8H2,1-3H3;7H,4-5H2,1-3H3/q;;+1/b;10-7+;. The van der Waals surface area contributed by atoms with E-state index >= 15 is 0 Å². The molecule has 0 aliphatic carbocycles. The number of nitrogens with zero attached hydrogens (tertiary/aromatic N) is 3. The molecule has 2 N–H and O–H groups in total. The Hall–Kier alpha value is -2.45. The van der Waals surface area contributed by atoms with Crippen LogP contribution in [0.1, 0.15) is 60.6 Å². The van der Waals surface area contributed by atoms with E-state index in [2.05, 4.69) is 53.0 Å². The molecule has 0 bridgehead atoms. The summed E-state index contributed by atoms with van der Waals surface area (Å²) in [5.41, 5.74) is 2.12. The molecule has 0 saturated heterocycles. The summed E-state index contributed by atoms with van der Waals surface area (Å²) in [6, 6.07) is 6.93. The van der Waals surface area contributed by atoms with Crippen LogP contribution in [-0.4, -0.2) is 70.9 Å². The number of hydrogen-bond donors (Lipinski definition) is 2. The monoisotopic (exact) mass is 550 g/mol. The van der Waals surface area contributed by atoms with Crippen molar-refractivity contribution >= 4 is 17.4 Å². The molecular formula is C30H49ClN3O4+. The summed E-state index contributed by atoms with van der Waals surface area (Å²) in [7, 11) is 6.16. The number of quaternary nitrogens is 1. The Kier molecular flexibility index (Phi) is 16.8. The van der Waals surface area contributed by atoms with Crippen molar-refractivity contribution in [3.05, 3.63) is 71.3 Å². The molecule has 2 rings (SSSR count). The second kappa shape index (κ2) is 17.9. The molecule has 1 atom stereocenters. The third-order valence-corrected chi connectivity index (χ3v) is 5.37. The van der Waals surface area contributed by atoms with Gasteiger partial charge in [0.05, 0.1) is 40.7 Å². The highest BCUT2D eigenvalue weighted by molar-refractivity contribution is 6.30. The highest BCUT2D eigenvalue weighted by Gasteiger charge is 2.32. The van der Waals surface area contributed by atoms with E-state index in [0.29, 0.717) is 10.8 Å². The van der Waals surface area contributed by atoms with E-state index < -0.39 is 11.6 Å². The van der Waals surface area contributed by atoms with E-state index in [1.807, 2.05) is 26.8 Å². The van der Waals surface area contributed by atoms with Crippen molar-refractivity contribution in [3.8, 4) is 5.75 Å². The van der Waals surface area contributed by atoms with Gasteiger partial charge in [-0.15, -0.1) is 0 Å². The molecule has 1 heterocycles. The van der Waals surface area contributed by atoms with Crippen molar-refractivity contribution < 1.29 is 24.2 Å².